The van der Waals surface area contributed by atoms with Crippen molar-refractivity contribution in [3.8, 4) is 0 Å². The Morgan fingerprint density at radius 3 is 2.49 bits per heavy atom. The fourth-order valence-electron chi connectivity index (χ4n) is 4.98. The lowest BCUT2D eigenvalue weighted by Crippen LogP contribution is -2.35. The van der Waals surface area contributed by atoms with Gasteiger partial charge in [-0.25, -0.2) is 22.2 Å². The van der Waals surface area contributed by atoms with Crippen LogP contribution in [0.3, 0.4) is 0 Å². The Bertz CT molecular complexity index is 1440. The van der Waals surface area contributed by atoms with Crippen LogP contribution in [0.1, 0.15) is 42.0 Å². The van der Waals surface area contributed by atoms with Gasteiger partial charge in [0, 0.05) is 24.8 Å². The van der Waals surface area contributed by atoms with E-state index in [0.29, 0.717) is 67.2 Å². The zero-order chi connectivity index (χ0) is 26.2. The summed E-state index contributed by atoms with van der Waals surface area (Å²) in [4.78, 5) is 22.2. The number of hydrogen-bond acceptors (Lipinski definition) is 7. The van der Waals surface area contributed by atoms with Crippen molar-refractivity contribution in [3.05, 3.63) is 70.9 Å². The van der Waals surface area contributed by atoms with Crippen LogP contribution >= 0.6 is 0 Å². The smallest absolute Gasteiger partial charge is 0.307 e. The number of aryl methyl sites for hydroxylation is 1. The molecule has 1 aromatic heterocycles. The highest BCUT2D eigenvalue weighted by molar-refractivity contribution is 7.91. The van der Waals surface area contributed by atoms with E-state index in [9.17, 15) is 22.0 Å². The lowest BCUT2D eigenvalue weighted by Gasteiger charge is -2.33. The Morgan fingerprint density at radius 2 is 1.81 bits per heavy atom. The molecule has 2 aliphatic heterocycles. The number of carbonyl (C=O) groups is 1. The van der Waals surface area contributed by atoms with Gasteiger partial charge in [0.15, 0.2) is 15.7 Å². The maximum absolute atomic E-state index is 14.3. The van der Waals surface area contributed by atoms with Crippen molar-refractivity contribution in [2.45, 2.75) is 42.9 Å². The molecule has 2 N–H and O–H groups in total. The second kappa shape index (κ2) is 10.0. The van der Waals surface area contributed by atoms with Crippen molar-refractivity contribution in [3.63, 3.8) is 0 Å². The van der Waals surface area contributed by atoms with Gasteiger partial charge in [-0.15, -0.1) is 0 Å². The number of hydrogen-bond donors (Lipinski definition) is 2. The highest BCUT2D eigenvalue weighted by Gasteiger charge is 2.32. The molecule has 8 nitrogen and oxygen atoms in total. The number of nitrogens with one attached hydrogen (secondary N) is 1. The number of benzene rings is 2. The summed E-state index contributed by atoms with van der Waals surface area (Å²) in [7, 11) is -3.57. The van der Waals surface area contributed by atoms with Gasteiger partial charge in [-0.1, -0.05) is 18.2 Å². The first-order valence-corrected chi connectivity index (χ1v) is 13.8. The Kier molecular flexibility index (Phi) is 6.80. The maximum Gasteiger partial charge on any atom is 0.307 e. The first-order chi connectivity index (χ1) is 17.7. The van der Waals surface area contributed by atoms with Crippen molar-refractivity contribution < 1.29 is 27.1 Å². The van der Waals surface area contributed by atoms with Gasteiger partial charge in [0.1, 0.15) is 16.5 Å². The maximum atomic E-state index is 14.3. The molecular formula is C26H26F2N4O4S. The number of anilines is 3. The van der Waals surface area contributed by atoms with Gasteiger partial charge in [0.2, 0.25) is 5.95 Å². The van der Waals surface area contributed by atoms with Crippen molar-refractivity contribution in [2.24, 2.45) is 0 Å². The molecule has 0 amide bonds. The average Bonchev–Trinajstić information content (AvgIpc) is 2.84. The standard InChI is InChI=1S/C26H26F2N4O4S/c27-18-5-8-20(21(28)15-18)17-9-11-32(12-10-17)26-30-22-2-1-13-37(35,36)24(22)25(31-26)29-19-6-3-16(4-7-19)14-23(33)34/h3-8,15,17H,1-2,9-14H2,(H,33,34)(H,29,30,31). The Labute approximate surface area is 213 Å². The number of carboxylic acids is 1. The molecule has 0 spiro atoms. The minimum absolute atomic E-state index is 0.0174. The van der Waals surface area contributed by atoms with Crippen LogP contribution in [0.2, 0.25) is 0 Å². The summed E-state index contributed by atoms with van der Waals surface area (Å²) in [6.07, 6.45) is 2.11. The number of carboxylic acid groups (broad SMARTS) is 1. The predicted octanol–water partition coefficient (Wildman–Crippen LogP) is 4.23. The second-order valence-electron chi connectivity index (χ2n) is 9.39. The largest absolute Gasteiger partial charge is 0.481 e. The van der Waals surface area contributed by atoms with E-state index in [2.05, 4.69) is 15.3 Å². The number of aliphatic carboxylic acids is 1. The number of sulfone groups is 1. The van der Waals surface area contributed by atoms with Crippen LogP contribution in [-0.4, -0.2) is 48.3 Å². The second-order valence-corrected chi connectivity index (χ2v) is 11.4. The molecule has 3 aromatic rings. The van der Waals surface area contributed by atoms with Gasteiger partial charge in [0.05, 0.1) is 17.9 Å². The van der Waals surface area contributed by atoms with Crippen molar-refractivity contribution in [1.29, 1.82) is 0 Å². The fourth-order valence-corrected chi connectivity index (χ4v) is 6.60. The fraction of sp³-hybridized carbons (Fsp3) is 0.346. The number of fused-ring (bicyclic) bond motifs is 1. The summed E-state index contributed by atoms with van der Waals surface area (Å²) in [5, 5.41) is 12.1. The molecule has 0 atom stereocenters. The number of nitrogens with zero attached hydrogens (tertiary/aromatic N) is 3. The summed E-state index contributed by atoms with van der Waals surface area (Å²) in [5.41, 5.74) is 2.16. The Hall–Kier alpha value is -3.60. The van der Waals surface area contributed by atoms with Crippen LogP contribution in [0.15, 0.2) is 47.4 Å². The summed E-state index contributed by atoms with van der Waals surface area (Å²) in [5.74, 6) is -1.54. The van der Waals surface area contributed by atoms with Gasteiger partial charge in [-0.05, 0) is 60.9 Å². The molecule has 37 heavy (non-hydrogen) atoms. The molecule has 1 saturated heterocycles. The first-order valence-electron chi connectivity index (χ1n) is 12.1. The third-order valence-electron chi connectivity index (χ3n) is 6.81. The minimum atomic E-state index is -3.57. The number of aromatic nitrogens is 2. The molecule has 0 radical (unpaired) electrons. The number of halogens is 2. The van der Waals surface area contributed by atoms with Crippen LogP contribution in [0.4, 0.5) is 26.2 Å². The molecule has 3 heterocycles. The van der Waals surface area contributed by atoms with Gasteiger partial charge in [-0.3, -0.25) is 4.79 Å². The van der Waals surface area contributed by atoms with E-state index in [4.69, 9.17) is 5.11 Å². The monoisotopic (exact) mass is 528 g/mol. The van der Waals surface area contributed by atoms with Gasteiger partial charge >= 0.3 is 5.97 Å². The molecule has 0 saturated carbocycles. The summed E-state index contributed by atoms with van der Waals surface area (Å²) < 4.78 is 53.5. The molecule has 2 aliphatic rings. The quantitative estimate of drug-likeness (QED) is 0.489. The van der Waals surface area contributed by atoms with Crippen LogP contribution in [0, 0.1) is 11.6 Å². The molecule has 2 aromatic carbocycles. The van der Waals surface area contributed by atoms with E-state index in [1.54, 1.807) is 24.3 Å². The lowest BCUT2D eigenvalue weighted by molar-refractivity contribution is -0.136. The molecule has 194 valence electrons. The minimum Gasteiger partial charge on any atom is -0.481 e. The van der Waals surface area contributed by atoms with Crippen LogP contribution in [0.5, 0.6) is 0 Å². The van der Waals surface area contributed by atoms with E-state index in [0.717, 1.165) is 6.07 Å². The van der Waals surface area contributed by atoms with Gasteiger partial charge in [-0.2, -0.15) is 4.98 Å². The number of rotatable bonds is 6. The predicted molar refractivity (Wildman–Crippen MR) is 134 cm³/mol. The van der Waals surface area contributed by atoms with E-state index in [-0.39, 0.29) is 28.8 Å². The molecule has 11 heteroatoms. The van der Waals surface area contributed by atoms with Crippen LogP contribution in [0.25, 0.3) is 0 Å². The van der Waals surface area contributed by atoms with Crippen molar-refractivity contribution in [1.82, 2.24) is 9.97 Å². The molecule has 1 fully saturated rings. The van der Waals surface area contributed by atoms with Gasteiger partial charge < -0.3 is 15.3 Å². The molecule has 5 rings (SSSR count). The number of piperidine rings is 1. The zero-order valence-corrected chi connectivity index (χ0v) is 20.8. The summed E-state index contributed by atoms with van der Waals surface area (Å²) >= 11 is 0. The molecular weight excluding hydrogens is 502 g/mol. The van der Waals surface area contributed by atoms with E-state index in [1.165, 1.54) is 12.1 Å². The summed E-state index contributed by atoms with van der Waals surface area (Å²) in [6.45, 7) is 1.08. The SMILES string of the molecule is O=C(O)Cc1ccc(Nc2nc(N3CCC(c4ccc(F)cc4F)CC3)nc3c2S(=O)(=O)CCC3)cc1. The average molecular weight is 529 g/mol. The van der Waals surface area contributed by atoms with E-state index >= 15 is 0 Å². The summed E-state index contributed by atoms with van der Waals surface area (Å²) in [6, 6.07) is 10.4. The molecule has 0 unspecified atom stereocenters. The zero-order valence-electron chi connectivity index (χ0n) is 20.0. The lowest BCUT2D eigenvalue weighted by atomic mass is 9.89. The highest BCUT2D eigenvalue weighted by atomic mass is 32.2. The van der Waals surface area contributed by atoms with Gasteiger partial charge in [0.25, 0.3) is 0 Å². The Morgan fingerprint density at radius 1 is 1.08 bits per heavy atom. The third kappa shape index (κ3) is 5.41. The van der Waals surface area contributed by atoms with Crippen LogP contribution < -0.4 is 10.2 Å². The first kappa shape index (κ1) is 25.1. The topological polar surface area (TPSA) is 112 Å². The Balaban J connectivity index is 1.41. The third-order valence-corrected chi connectivity index (χ3v) is 8.69. The van der Waals surface area contributed by atoms with E-state index < -0.39 is 27.4 Å². The molecule has 0 aliphatic carbocycles. The normalized spacial score (nSPS) is 17.3. The van der Waals surface area contributed by atoms with Crippen molar-refractivity contribution >= 4 is 33.3 Å². The highest BCUT2D eigenvalue weighted by Crippen LogP contribution is 2.35. The molecule has 0 bridgehead atoms. The van der Waals surface area contributed by atoms with Crippen molar-refractivity contribution in [2.75, 3.05) is 29.1 Å². The van der Waals surface area contributed by atoms with E-state index in [1.807, 2.05) is 4.90 Å². The van der Waals surface area contributed by atoms with Crippen LogP contribution in [-0.2, 0) is 27.5 Å².